The van der Waals surface area contributed by atoms with E-state index in [-0.39, 0.29) is 0 Å². The van der Waals surface area contributed by atoms with Crippen LogP contribution in [0.4, 0.5) is 0 Å². The van der Waals surface area contributed by atoms with E-state index in [0.717, 1.165) is 28.7 Å². The SMILES string of the molecule is Cc1cccc(C)c1-c1cc(C=O)ccc1OCc1ccccc1. The number of ether oxygens (including phenoxy) is 1. The lowest BCUT2D eigenvalue weighted by molar-refractivity contribution is 0.112. The molecule has 0 unspecified atom stereocenters. The largest absolute Gasteiger partial charge is 0.488 e. The molecule has 0 fully saturated rings. The third-order valence-corrected chi connectivity index (χ3v) is 4.13. The molecule has 0 heterocycles. The van der Waals surface area contributed by atoms with Gasteiger partial charge in [0.2, 0.25) is 0 Å². The molecule has 0 radical (unpaired) electrons. The van der Waals surface area contributed by atoms with Gasteiger partial charge in [0.15, 0.2) is 0 Å². The van der Waals surface area contributed by atoms with Gasteiger partial charge in [0.05, 0.1) is 0 Å². The van der Waals surface area contributed by atoms with Crippen LogP contribution < -0.4 is 4.74 Å². The molecule has 0 aromatic heterocycles. The number of benzene rings is 3. The van der Waals surface area contributed by atoms with Crippen LogP contribution in [0.2, 0.25) is 0 Å². The van der Waals surface area contributed by atoms with Gasteiger partial charge in [-0.2, -0.15) is 0 Å². The number of hydrogen-bond acceptors (Lipinski definition) is 2. The number of aldehydes is 1. The van der Waals surface area contributed by atoms with E-state index in [9.17, 15) is 4.79 Å². The van der Waals surface area contributed by atoms with Crippen molar-refractivity contribution in [1.82, 2.24) is 0 Å². The molecule has 0 aliphatic rings. The minimum Gasteiger partial charge on any atom is -0.488 e. The summed E-state index contributed by atoms with van der Waals surface area (Å²) < 4.78 is 6.07. The second-order valence-electron chi connectivity index (χ2n) is 5.91. The van der Waals surface area contributed by atoms with Crippen molar-refractivity contribution in [3.63, 3.8) is 0 Å². The molecule has 0 bridgehead atoms. The van der Waals surface area contributed by atoms with E-state index in [2.05, 4.69) is 26.0 Å². The summed E-state index contributed by atoms with van der Waals surface area (Å²) in [6, 6.07) is 21.9. The van der Waals surface area contributed by atoms with E-state index < -0.39 is 0 Å². The predicted octanol–water partition coefficient (Wildman–Crippen LogP) is 5.36. The van der Waals surface area contributed by atoms with Gasteiger partial charge in [0.25, 0.3) is 0 Å². The van der Waals surface area contributed by atoms with Crippen molar-refractivity contribution in [3.05, 3.63) is 89.0 Å². The van der Waals surface area contributed by atoms with E-state index in [1.54, 1.807) is 6.07 Å². The van der Waals surface area contributed by atoms with Crippen LogP contribution in [-0.4, -0.2) is 6.29 Å². The summed E-state index contributed by atoms with van der Waals surface area (Å²) >= 11 is 0. The van der Waals surface area contributed by atoms with Gasteiger partial charge in [-0.3, -0.25) is 4.79 Å². The van der Waals surface area contributed by atoms with Gasteiger partial charge in [-0.05, 0) is 54.3 Å². The first-order valence-electron chi connectivity index (χ1n) is 8.01. The van der Waals surface area contributed by atoms with E-state index >= 15 is 0 Å². The zero-order valence-corrected chi connectivity index (χ0v) is 14.0. The molecule has 0 saturated carbocycles. The molecule has 3 rings (SSSR count). The fourth-order valence-electron chi connectivity index (χ4n) is 2.92. The van der Waals surface area contributed by atoms with Gasteiger partial charge in [0.1, 0.15) is 18.6 Å². The average Bonchev–Trinajstić information content (AvgIpc) is 2.61. The first-order chi connectivity index (χ1) is 11.7. The smallest absolute Gasteiger partial charge is 0.150 e. The Kier molecular flexibility index (Phi) is 4.76. The first-order valence-corrected chi connectivity index (χ1v) is 8.01. The van der Waals surface area contributed by atoms with Crippen LogP contribution in [0.5, 0.6) is 5.75 Å². The maximum atomic E-state index is 11.2. The van der Waals surface area contributed by atoms with E-state index in [0.29, 0.717) is 12.2 Å². The van der Waals surface area contributed by atoms with Crippen LogP contribution in [0.3, 0.4) is 0 Å². The molecular formula is C22H20O2. The third-order valence-electron chi connectivity index (χ3n) is 4.13. The Morgan fingerprint density at radius 1 is 0.875 bits per heavy atom. The molecule has 0 amide bonds. The Labute approximate surface area is 142 Å². The number of aryl methyl sites for hydroxylation is 2. The Morgan fingerprint density at radius 2 is 1.58 bits per heavy atom. The Bertz CT molecular complexity index is 831. The lowest BCUT2D eigenvalue weighted by Gasteiger charge is -2.16. The quantitative estimate of drug-likeness (QED) is 0.592. The topological polar surface area (TPSA) is 26.3 Å². The van der Waals surface area contributed by atoms with E-state index in [1.165, 1.54) is 11.1 Å². The highest BCUT2D eigenvalue weighted by molar-refractivity contribution is 5.83. The highest BCUT2D eigenvalue weighted by atomic mass is 16.5. The first kappa shape index (κ1) is 16.0. The molecule has 120 valence electrons. The number of carbonyl (C=O) groups excluding carboxylic acids is 1. The van der Waals surface area contributed by atoms with Crippen molar-refractivity contribution in [2.75, 3.05) is 0 Å². The molecule has 0 saturated heterocycles. The lowest BCUT2D eigenvalue weighted by Crippen LogP contribution is -1.99. The highest BCUT2D eigenvalue weighted by Gasteiger charge is 2.12. The molecule has 0 aliphatic carbocycles. The summed E-state index contributed by atoms with van der Waals surface area (Å²) in [5.41, 5.74) is 6.20. The van der Waals surface area contributed by atoms with Gasteiger partial charge < -0.3 is 4.74 Å². The van der Waals surface area contributed by atoms with Crippen LogP contribution in [0.1, 0.15) is 27.0 Å². The molecule has 0 N–H and O–H groups in total. The maximum absolute atomic E-state index is 11.2. The molecule has 3 aromatic carbocycles. The van der Waals surface area contributed by atoms with Crippen LogP contribution in [-0.2, 0) is 6.61 Å². The normalized spacial score (nSPS) is 10.4. The summed E-state index contributed by atoms with van der Waals surface area (Å²) in [5, 5.41) is 0. The molecule has 24 heavy (non-hydrogen) atoms. The van der Waals surface area contributed by atoms with Crippen LogP contribution >= 0.6 is 0 Å². The van der Waals surface area contributed by atoms with Gasteiger partial charge in [0, 0.05) is 11.1 Å². The van der Waals surface area contributed by atoms with Gasteiger partial charge in [-0.25, -0.2) is 0 Å². The summed E-state index contributed by atoms with van der Waals surface area (Å²) in [6.07, 6.45) is 0.873. The second-order valence-corrected chi connectivity index (χ2v) is 5.91. The molecule has 0 atom stereocenters. The van der Waals surface area contributed by atoms with Crippen molar-refractivity contribution < 1.29 is 9.53 Å². The molecule has 0 aliphatic heterocycles. The van der Waals surface area contributed by atoms with E-state index in [4.69, 9.17) is 4.74 Å². The minimum atomic E-state index is 0.499. The van der Waals surface area contributed by atoms with E-state index in [1.807, 2.05) is 48.5 Å². The average molecular weight is 316 g/mol. The summed E-state index contributed by atoms with van der Waals surface area (Å²) in [7, 11) is 0. The minimum absolute atomic E-state index is 0.499. The number of rotatable bonds is 5. The fourth-order valence-corrected chi connectivity index (χ4v) is 2.92. The lowest BCUT2D eigenvalue weighted by atomic mass is 9.94. The standard InChI is InChI=1S/C22H20O2/c1-16-7-6-8-17(2)22(16)20-13-19(14-23)11-12-21(20)24-15-18-9-4-3-5-10-18/h3-14H,15H2,1-2H3. The van der Waals surface area contributed by atoms with Crippen LogP contribution in [0.15, 0.2) is 66.7 Å². The zero-order valence-electron chi connectivity index (χ0n) is 14.0. The molecular weight excluding hydrogens is 296 g/mol. The maximum Gasteiger partial charge on any atom is 0.150 e. The predicted molar refractivity (Wildman–Crippen MR) is 97.5 cm³/mol. The number of carbonyl (C=O) groups is 1. The molecule has 3 aromatic rings. The third kappa shape index (κ3) is 3.38. The van der Waals surface area contributed by atoms with Crippen molar-refractivity contribution >= 4 is 6.29 Å². The Hall–Kier alpha value is -2.87. The summed E-state index contributed by atoms with van der Waals surface area (Å²) in [6.45, 7) is 4.66. The Balaban J connectivity index is 2.02. The number of hydrogen-bond donors (Lipinski definition) is 0. The fraction of sp³-hybridized carbons (Fsp3) is 0.136. The van der Waals surface area contributed by atoms with Crippen LogP contribution in [0, 0.1) is 13.8 Å². The summed E-state index contributed by atoms with van der Waals surface area (Å²) in [5.74, 6) is 0.793. The van der Waals surface area contributed by atoms with Crippen LogP contribution in [0.25, 0.3) is 11.1 Å². The van der Waals surface area contributed by atoms with Gasteiger partial charge in [-0.15, -0.1) is 0 Å². The van der Waals surface area contributed by atoms with Crippen molar-refractivity contribution in [2.45, 2.75) is 20.5 Å². The molecule has 2 heteroatoms. The second kappa shape index (κ2) is 7.14. The van der Waals surface area contributed by atoms with Crippen molar-refractivity contribution in [1.29, 1.82) is 0 Å². The zero-order chi connectivity index (χ0) is 16.9. The highest BCUT2D eigenvalue weighted by Crippen LogP contribution is 2.35. The monoisotopic (exact) mass is 316 g/mol. The molecule has 0 spiro atoms. The van der Waals surface area contributed by atoms with Gasteiger partial charge >= 0.3 is 0 Å². The van der Waals surface area contributed by atoms with Crippen molar-refractivity contribution in [2.24, 2.45) is 0 Å². The Morgan fingerprint density at radius 3 is 2.25 bits per heavy atom. The molecule has 2 nitrogen and oxygen atoms in total. The summed E-state index contributed by atoms with van der Waals surface area (Å²) in [4.78, 5) is 11.2. The van der Waals surface area contributed by atoms with Crippen molar-refractivity contribution in [3.8, 4) is 16.9 Å². The van der Waals surface area contributed by atoms with Gasteiger partial charge in [-0.1, -0.05) is 48.5 Å².